The highest BCUT2D eigenvalue weighted by atomic mass is 32.2. The first-order chi connectivity index (χ1) is 15.2. The van der Waals surface area contributed by atoms with E-state index in [1.54, 1.807) is 0 Å². The third-order valence-corrected chi connectivity index (χ3v) is 7.02. The van der Waals surface area contributed by atoms with Gasteiger partial charge >= 0.3 is 0 Å². The van der Waals surface area contributed by atoms with Gasteiger partial charge in [0.05, 0.1) is 11.3 Å². The number of para-hydroxylation sites is 1. The van der Waals surface area contributed by atoms with Crippen molar-refractivity contribution in [2.24, 2.45) is 0 Å². The predicted octanol–water partition coefficient (Wildman–Crippen LogP) is 3.07. The second kappa shape index (κ2) is 10.2. The number of carbonyl (C=O) groups is 1. The zero-order chi connectivity index (χ0) is 21.6. The number of hydrogen-bond acceptors (Lipinski definition) is 6. The molecular formula is C24H28N4O2S. The number of carbonyl (C=O) groups excluding carboxylic acids is 1. The van der Waals surface area contributed by atoms with Gasteiger partial charge in [0.25, 0.3) is 0 Å². The third kappa shape index (κ3) is 5.20. The number of rotatable bonds is 7. The molecule has 1 amide bonds. The molecule has 2 aliphatic rings. The lowest BCUT2D eigenvalue weighted by atomic mass is 10.0. The van der Waals surface area contributed by atoms with Gasteiger partial charge in [-0.2, -0.15) is 5.26 Å². The molecule has 1 aliphatic carbocycles. The largest absolute Gasteiger partial charge is 0.492 e. The Bertz CT molecular complexity index is 966. The minimum absolute atomic E-state index is 0.119. The molecule has 0 radical (unpaired) electrons. The van der Waals surface area contributed by atoms with Crippen LogP contribution in [0.15, 0.2) is 35.4 Å². The van der Waals surface area contributed by atoms with Gasteiger partial charge in [-0.1, -0.05) is 30.0 Å². The number of pyridine rings is 1. The van der Waals surface area contributed by atoms with Crippen molar-refractivity contribution in [3.05, 3.63) is 52.7 Å². The van der Waals surface area contributed by atoms with Crippen LogP contribution in [0.2, 0.25) is 0 Å². The normalized spacial score (nSPS) is 16.1. The Hall–Kier alpha value is -2.56. The summed E-state index contributed by atoms with van der Waals surface area (Å²) in [4.78, 5) is 21.7. The topological polar surface area (TPSA) is 69.5 Å². The first kappa shape index (κ1) is 21.7. The summed E-state index contributed by atoms with van der Waals surface area (Å²) in [5.41, 5.74) is 4.03. The van der Waals surface area contributed by atoms with Gasteiger partial charge < -0.3 is 9.64 Å². The van der Waals surface area contributed by atoms with Gasteiger partial charge in [0.2, 0.25) is 5.91 Å². The highest BCUT2D eigenvalue weighted by molar-refractivity contribution is 8.00. The lowest BCUT2D eigenvalue weighted by molar-refractivity contribution is -0.130. The minimum Gasteiger partial charge on any atom is -0.492 e. The quantitative estimate of drug-likeness (QED) is 0.622. The van der Waals surface area contributed by atoms with Crippen molar-refractivity contribution in [2.45, 2.75) is 31.2 Å². The molecule has 1 fully saturated rings. The van der Waals surface area contributed by atoms with E-state index in [9.17, 15) is 10.1 Å². The zero-order valence-corrected chi connectivity index (χ0v) is 18.8. The number of aromatic nitrogens is 1. The van der Waals surface area contributed by atoms with Gasteiger partial charge in [-0.05, 0) is 49.4 Å². The van der Waals surface area contributed by atoms with Crippen LogP contribution in [0.4, 0.5) is 0 Å². The van der Waals surface area contributed by atoms with Gasteiger partial charge in [-0.25, -0.2) is 4.98 Å². The van der Waals surface area contributed by atoms with Crippen LogP contribution >= 0.6 is 11.8 Å². The minimum atomic E-state index is 0.119. The molecular weight excluding hydrogens is 408 g/mol. The number of nitriles is 1. The molecule has 162 valence electrons. The maximum atomic E-state index is 12.7. The Morgan fingerprint density at radius 3 is 2.71 bits per heavy atom. The van der Waals surface area contributed by atoms with Crippen LogP contribution in [-0.4, -0.2) is 65.8 Å². The summed E-state index contributed by atoms with van der Waals surface area (Å²) in [5, 5.41) is 10.3. The molecule has 1 aromatic heterocycles. The fourth-order valence-corrected chi connectivity index (χ4v) is 5.19. The molecule has 1 aliphatic heterocycles. The van der Waals surface area contributed by atoms with E-state index >= 15 is 0 Å². The van der Waals surface area contributed by atoms with Crippen molar-refractivity contribution in [3.63, 3.8) is 0 Å². The summed E-state index contributed by atoms with van der Waals surface area (Å²) in [6, 6.07) is 12.1. The van der Waals surface area contributed by atoms with E-state index in [2.05, 4.69) is 11.0 Å². The molecule has 2 heterocycles. The smallest absolute Gasteiger partial charge is 0.233 e. The van der Waals surface area contributed by atoms with Gasteiger partial charge in [0.1, 0.15) is 23.5 Å². The lowest BCUT2D eigenvalue weighted by Crippen LogP contribution is -2.50. The van der Waals surface area contributed by atoms with Crippen LogP contribution in [0.1, 0.15) is 28.8 Å². The zero-order valence-electron chi connectivity index (χ0n) is 18.0. The fraction of sp³-hybridized carbons (Fsp3) is 0.458. The van der Waals surface area contributed by atoms with Crippen LogP contribution in [0, 0.1) is 18.3 Å². The van der Waals surface area contributed by atoms with E-state index in [-0.39, 0.29) is 5.91 Å². The summed E-state index contributed by atoms with van der Waals surface area (Å²) >= 11 is 1.41. The molecule has 0 saturated carbocycles. The molecule has 0 spiro atoms. The van der Waals surface area contributed by atoms with Crippen molar-refractivity contribution < 1.29 is 9.53 Å². The summed E-state index contributed by atoms with van der Waals surface area (Å²) in [5.74, 6) is 1.34. The lowest BCUT2D eigenvalue weighted by Gasteiger charge is -2.34. The van der Waals surface area contributed by atoms with E-state index in [0.29, 0.717) is 22.9 Å². The Morgan fingerprint density at radius 2 is 1.97 bits per heavy atom. The second-order valence-corrected chi connectivity index (χ2v) is 8.94. The molecule has 1 aromatic carbocycles. The van der Waals surface area contributed by atoms with Gasteiger partial charge in [-0.3, -0.25) is 9.69 Å². The van der Waals surface area contributed by atoms with Gasteiger partial charge in [-0.15, -0.1) is 0 Å². The Kier molecular flexibility index (Phi) is 7.10. The molecule has 6 nitrogen and oxygen atoms in total. The van der Waals surface area contributed by atoms with Crippen LogP contribution in [0.25, 0.3) is 0 Å². The molecule has 0 atom stereocenters. The average Bonchev–Trinajstić information content (AvgIpc) is 3.28. The number of thioether (sulfide) groups is 1. The predicted molar refractivity (Wildman–Crippen MR) is 121 cm³/mol. The highest BCUT2D eigenvalue weighted by Crippen LogP contribution is 2.31. The third-order valence-electron chi connectivity index (χ3n) is 6.06. The monoisotopic (exact) mass is 436 g/mol. The molecule has 1 saturated heterocycles. The van der Waals surface area contributed by atoms with Crippen LogP contribution in [0.5, 0.6) is 5.75 Å². The maximum Gasteiger partial charge on any atom is 0.233 e. The van der Waals surface area contributed by atoms with Crippen molar-refractivity contribution in [2.75, 3.05) is 45.1 Å². The summed E-state index contributed by atoms with van der Waals surface area (Å²) < 4.78 is 5.77. The highest BCUT2D eigenvalue weighted by Gasteiger charge is 2.24. The number of fused-ring (bicyclic) bond motifs is 1. The van der Waals surface area contributed by atoms with Gasteiger partial charge in [0, 0.05) is 38.4 Å². The first-order valence-electron chi connectivity index (χ1n) is 10.9. The summed E-state index contributed by atoms with van der Waals surface area (Å²) in [6.45, 7) is 6.68. The molecule has 31 heavy (non-hydrogen) atoms. The Balaban J connectivity index is 1.24. The number of aryl methyl sites for hydroxylation is 1. The van der Waals surface area contributed by atoms with Crippen molar-refractivity contribution in [1.82, 2.24) is 14.8 Å². The Morgan fingerprint density at radius 1 is 1.19 bits per heavy atom. The van der Waals surface area contributed by atoms with E-state index in [1.165, 1.54) is 17.3 Å². The number of hydrogen-bond donors (Lipinski definition) is 0. The number of ether oxygens (including phenoxy) is 1. The van der Waals surface area contributed by atoms with Crippen LogP contribution < -0.4 is 4.74 Å². The second-order valence-electron chi connectivity index (χ2n) is 7.98. The molecule has 0 bridgehead atoms. The summed E-state index contributed by atoms with van der Waals surface area (Å²) in [6.07, 6.45) is 3.08. The molecule has 4 rings (SSSR count). The van der Waals surface area contributed by atoms with E-state index in [0.717, 1.165) is 69.0 Å². The van der Waals surface area contributed by atoms with Crippen LogP contribution in [0.3, 0.4) is 0 Å². The molecule has 0 unspecified atom stereocenters. The SMILES string of the molecule is Cc1c(C#N)c(SCC(=O)N2CCN(CCOc3ccccc3)CC2)nc2c1CCC2. The molecule has 2 aromatic rings. The fourth-order valence-electron chi connectivity index (χ4n) is 4.23. The standard InChI is InChI=1S/C24H28N4O2S/c1-18-20-8-5-9-22(20)26-24(21(18)16-25)31-17-23(29)28-12-10-27(11-13-28)14-15-30-19-6-3-2-4-7-19/h2-4,6-7H,5,8-15,17H2,1H3. The van der Waals surface area contributed by atoms with Crippen molar-refractivity contribution in [3.8, 4) is 11.8 Å². The number of piperazine rings is 1. The average molecular weight is 437 g/mol. The number of nitrogens with zero attached hydrogens (tertiary/aromatic N) is 4. The molecule has 0 N–H and O–H groups in total. The molecule has 7 heteroatoms. The first-order valence-corrected chi connectivity index (χ1v) is 11.9. The van der Waals surface area contributed by atoms with Crippen molar-refractivity contribution in [1.29, 1.82) is 5.26 Å². The summed E-state index contributed by atoms with van der Waals surface area (Å²) in [7, 11) is 0. The van der Waals surface area contributed by atoms with E-state index in [4.69, 9.17) is 9.72 Å². The van der Waals surface area contributed by atoms with Crippen LogP contribution in [-0.2, 0) is 17.6 Å². The van der Waals surface area contributed by atoms with E-state index in [1.807, 2.05) is 42.2 Å². The number of amides is 1. The number of benzene rings is 1. The maximum absolute atomic E-state index is 12.7. The van der Waals surface area contributed by atoms with E-state index < -0.39 is 0 Å². The Labute approximate surface area is 188 Å². The van der Waals surface area contributed by atoms with Crippen molar-refractivity contribution >= 4 is 17.7 Å². The van der Waals surface area contributed by atoms with Gasteiger partial charge in [0.15, 0.2) is 0 Å².